The Morgan fingerprint density at radius 2 is 1.95 bits per heavy atom. The highest BCUT2D eigenvalue weighted by Gasteiger charge is 2.36. The standard InChI is InChI=1S/C12H14ClF3N2O2S.ClH/c13-9-4-3-8(12(14,15)16)5-11(9)21(19,20)18-10(6-17)7-1-2-7;/h3-5,7,10,18H,1-2,6,17H2;1H. The summed E-state index contributed by atoms with van der Waals surface area (Å²) < 4.78 is 64.8. The van der Waals surface area contributed by atoms with Crippen molar-refractivity contribution < 1.29 is 21.6 Å². The largest absolute Gasteiger partial charge is 0.416 e. The molecule has 0 radical (unpaired) electrons. The summed E-state index contributed by atoms with van der Waals surface area (Å²) in [7, 11) is -4.15. The summed E-state index contributed by atoms with van der Waals surface area (Å²) in [5.74, 6) is 0.134. The minimum Gasteiger partial charge on any atom is -0.329 e. The summed E-state index contributed by atoms with van der Waals surface area (Å²) in [6.45, 7) is 0.0838. The molecule has 1 aliphatic carbocycles. The van der Waals surface area contributed by atoms with E-state index in [2.05, 4.69) is 4.72 Å². The van der Waals surface area contributed by atoms with Gasteiger partial charge in [-0.05, 0) is 37.0 Å². The number of hydrogen-bond donors (Lipinski definition) is 2. The Morgan fingerprint density at radius 1 is 1.36 bits per heavy atom. The van der Waals surface area contributed by atoms with E-state index in [4.69, 9.17) is 17.3 Å². The minimum atomic E-state index is -4.64. The molecule has 3 N–H and O–H groups in total. The first-order valence-corrected chi connectivity index (χ1v) is 8.10. The topological polar surface area (TPSA) is 72.2 Å². The van der Waals surface area contributed by atoms with Gasteiger partial charge in [0.25, 0.3) is 0 Å². The maximum absolute atomic E-state index is 12.7. The normalized spacial score (nSPS) is 17.0. The van der Waals surface area contributed by atoms with Crippen LogP contribution in [0.4, 0.5) is 13.2 Å². The summed E-state index contributed by atoms with van der Waals surface area (Å²) in [6.07, 6.45) is -2.94. The van der Waals surface area contributed by atoms with Crippen LogP contribution in [0.1, 0.15) is 18.4 Å². The molecule has 1 aliphatic rings. The third-order valence-corrected chi connectivity index (χ3v) is 5.27. The average Bonchev–Trinajstić information content (AvgIpc) is 3.19. The van der Waals surface area contributed by atoms with Gasteiger partial charge in [-0.3, -0.25) is 0 Å². The summed E-state index contributed by atoms with van der Waals surface area (Å²) >= 11 is 5.73. The second-order valence-electron chi connectivity index (χ2n) is 4.94. The van der Waals surface area contributed by atoms with Crippen molar-refractivity contribution in [2.24, 2.45) is 11.7 Å². The van der Waals surface area contributed by atoms with Crippen LogP contribution in [0.2, 0.25) is 5.02 Å². The van der Waals surface area contributed by atoms with Gasteiger partial charge in [-0.1, -0.05) is 11.6 Å². The van der Waals surface area contributed by atoms with Crippen molar-refractivity contribution in [3.63, 3.8) is 0 Å². The van der Waals surface area contributed by atoms with Gasteiger partial charge in [-0.25, -0.2) is 13.1 Å². The second kappa shape index (κ2) is 6.92. The smallest absolute Gasteiger partial charge is 0.329 e. The predicted molar refractivity (Wildman–Crippen MR) is 79.6 cm³/mol. The minimum absolute atomic E-state index is 0. The fourth-order valence-electron chi connectivity index (χ4n) is 1.98. The van der Waals surface area contributed by atoms with Crippen LogP contribution in [0.5, 0.6) is 0 Å². The monoisotopic (exact) mass is 378 g/mol. The molecule has 1 unspecified atom stereocenters. The second-order valence-corrected chi connectivity index (χ2v) is 7.03. The average molecular weight is 379 g/mol. The molecule has 0 heterocycles. The Morgan fingerprint density at radius 3 is 2.41 bits per heavy atom. The first-order chi connectivity index (χ1) is 9.65. The Labute approximate surface area is 137 Å². The molecule has 1 aromatic carbocycles. The first-order valence-electron chi connectivity index (χ1n) is 6.24. The quantitative estimate of drug-likeness (QED) is 0.827. The SMILES string of the molecule is Cl.NCC(NS(=O)(=O)c1cc(C(F)(F)F)ccc1Cl)C1CC1. The van der Waals surface area contributed by atoms with E-state index >= 15 is 0 Å². The van der Waals surface area contributed by atoms with Crippen LogP contribution in [0.3, 0.4) is 0 Å². The lowest BCUT2D eigenvalue weighted by molar-refractivity contribution is -0.137. The van der Waals surface area contributed by atoms with E-state index in [9.17, 15) is 21.6 Å². The van der Waals surface area contributed by atoms with E-state index < -0.39 is 32.7 Å². The zero-order valence-electron chi connectivity index (χ0n) is 11.2. The van der Waals surface area contributed by atoms with Gasteiger partial charge in [0.2, 0.25) is 10.0 Å². The fourth-order valence-corrected chi connectivity index (χ4v) is 3.83. The molecule has 10 heteroatoms. The van der Waals surface area contributed by atoms with Crippen molar-refractivity contribution in [1.82, 2.24) is 4.72 Å². The van der Waals surface area contributed by atoms with Crippen molar-refractivity contribution in [3.8, 4) is 0 Å². The van der Waals surface area contributed by atoms with Gasteiger partial charge in [0.15, 0.2) is 0 Å². The maximum atomic E-state index is 12.7. The van der Waals surface area contributed by atoms with Crippen LogP contribution in [-0.2, 0) is 16.2 Å². The van der Waals surface area contributed by atoms with Crippen LogP contribution in [0, 0.1) is 5.92 Å². The van der Waals surface area contributed by atoms with Crippen LogP contribution in [0.15, 0.2) is 23.1 Å². The molecule has 1 fully saturated rings. The lowest BCUT2D eigenvalue weighted by atomic mass is 10.2. The zero-order valence-corrected chi connectivity index (χ0v) is 13.6. The van der Waals surface area contributed by atoms with Crippen LogP contribution >= 0.6 is 24.0 Å². The molecule has 0 aromatic heterocycles. The van der Waals surface area contributed by atoms with Crippen molar-refractivity contribution in [2.45, 2.75) is 30.0 Å². The summed E-state index contributed by atoms with van der Waals surface area (Å²) in [4.78, 5) is -0.585. The third-order valence-electron chi connectivity index (χ3n) is 3.30. The fraction of sp³-hybridized carbons (Fsp3) is 0.500. The predicted octanol–water partition coefficient (Wildman–Crippen LogP) is 2.80. The van der Waals surface area contributed by atoms with E-state index in [1.165, 1.54) is 0 Å². The number of alkyl halides is 3. The molecule has 126 valence electrons. The Kier molecular flexibility index (Phi) is 6.14. The van der Waals surface area contributed by atoms with Gasteiger partial charge in [0.1, 0.15) is 4.90 Å². The molecule has 1 saturated carbocycles. The molecule has 0 aliphatic heterocycles. The summed E-state index contributed by atoms with van der Waals surface area (Å²) in [5, 5.41) is -0.262. The number of nitrogens with two attached hydrogens (primary N) is 1. The molecule has 2 rings (SSSR count). The third kappa shape index (κ3) is 4.48. The van der Waals surface area contributed by atoms with Gasteiger partial charge < -0.3 is 5.73 Å². The number of halogens is 5. The number of benzene rings is 1. The van der Waals surface area contributed by atoms with Crippen molar-refractivity contribution in [1.29, 1.82) is 0 Å². The molecule has 4 nitrogen and oxygen atoms in total. The zero-order chi connectivity index (χ0) is 15.8. The van der Waals surface area contributed by atoms with Gasteiger partial charge in [0, 0.05) is 12.6 Å². The molecule has 1 atom stereocenters. The van der Waals surface area contributed by atoms with E-state index in [0.29, 0.717) is 6.07 Å². The Balaban J connectivity index is 0.00000242. The lowest BCUT2D eigenvalue weighted by Gasteiger charge is -2.17. The number of nitrogens with one attached hydrogen (secondary N) is 1. The van der Waals surface area contributed by atoms with Gasteiger partial charge in [0.05, 0.1) is 10.6 Å². The Hall–Kier alpha value is -0.540. The first kappa shape index (κ1) is 19.5. The molecule has 22 heavy (non-hydrogen) atoms. The van der Waals surface area contributed by atoms with Crippen molar-refractivity contribution in [2.75, 3.05) is 6.54 Å². The van der Waals surface area contributed by atoms with Gasteiger partial charge in [-0.15, -0.1) is 12.4 Å². The van der Waals surface area contributed by atoms with Crippen LogP contribution in [-0.4, -0.2) is 21.0 Å². The van der Waals surface area contributed by atoms with E-state index in [0.717, 1.165) is 25.0 Å². The molecule has 0 amide bonds. The lowest BCUT2D eigenvalue weighted by Crippen LogP contribution is -2.41. The van der Waals surface area contributed by atoms with E-state index in [-0.39, 0.29) is 29.9 Å². The molecule has 1 aromatic rings. The number of rotatable bonds is 5. The number of sulfonamides is 1. The van der Waals surface area contributed by atoms with Gasteiger partial charge >= 0.3 is 6.18 Å². The Bertz CT molecular complexity index is 634. The number of hydrogen-bond acceptors (Lipinski definition) is 3. The summed E-state index contributed by atoms with van der Waals surface area (Å²) in [6, 6.07) is 1.71. The maximum Gasteiger partial charge on any atom is 0.416 e. The highest BCUT2D eigenvalue weighted by Crippen LogP contribution is 2.35. The molecular weight excluding hydrogens is 364 g/mol. The highest BCUT2D eigenvalue weighted by atomic mass is 35.5. The summed E-state index contributed by atoms with van der Waals surface area (Å²) in [5.41, 5.74) is 4.43. The van der Waals surface area contributed by atoms with Crippen LogP contribution in [0.25, 0.3) is 0 Å². The van der Waals surface area contributed by atoms with Crippen LogP contribution < -0.4 is 10.5 Å². The molecule has 0 bridgehead atoms. The highest BCUT2D eigenvalue weighted by molar-refractivity contribution is 7.89. The van der Waals surface area contributed by atoms with Crippen molar-refractivity contribution >= 4 is 34.0 Å². The molecule has 0 saturated heterocycles. The molecule has 0 spiro atoms. The van der Waals surface area contributed by atoms with Gasteiger partial charge in [-0.2, -0.15) is 13.2 Å². The van der Waals surface area contributed by atoms with E-state index in [1.807, 2.05) is 0 Å². The van der Waals surface area contributed by atoms with Crippen molar-refractivity contribution in [3.05, 3.63) is 28.8 Å². The molecular formula is C12H15Cl2F3N2O2S. The van der Waals surface area contributed by atoms with E-state index in [1.54, 1.807) is 0 Å².